The fourth-order valence-electron chi connectivity index (χ4n) is 1.58. The van der Waals surface area contributed by atoms with Gasteiger partial charge in [0.1, 0.15) is 11.5 Å². The Morgan fingerprint density at radius 2 is 2.11 bits per heavy atom. The molecule has 1 aromatic heterocycles. The lowest BCUT2D eigenvalue weighted by molar-refractivity contribution is -0.119. The molecule has 19 heavy (non-hydrogen) atoms. The maximum Gasteiger partial charge on any atom is 0.230 e. The highest BCUT2D eigenvalue weighted by Gasteiger charge is 2.11. The standard InChI is InChI=1S/C14H15NO3S/c1-10(13-3-2-8-18-13)15-14(17)9-19-12-6-4-11(16)5-7-12/h2-8,10,16H,9H2,1H3,(H,15,17). The van der Waals surface area contributed by atoms with Gasteiger partial charge in [-0.1, -0.05) is 0 Å². The average Bonchev–Trinajstić information content (AvgIpc) is 2.92. The third-order valence-electron chi connectivity index (χ3n) is 2.55. The van der Waals surface area contributed by atoms with E-state index in [0.29, 0.717) is 5.75 Å². The van der Waals surface area contributed by atoms with Crippen LogP contribution in [0.2, 0.25) is 0 Å². The summed E-state index contributed by atoms with van der Waals surface area (Å²) in [6.45, 7) is 1.88. The summed E-state index contributed by atoms with van der Waals surface area (Å²) in [7, 11) is 0. The van der Waals surface area contributed by atoms with Gasteiger partial charge in [-0.25, -0.2) is 0 Å². The number of carbonyl (C=O) groups is 1. The van der Waals surface area contributed by atoms with Gasteiger partial charge in [-0.15, -0.1) is 11.8 Å². The van der Waals surface area contributed by atoms with Crippen molar-refractivity contribution in [1.82, 2.24) is 5.32 Å². The molecule has 1 atom stereocenters. The zero-order chi connectivity index (χ0) is 13.7. The Balaban J connectivity index is 1.80. The summed E-state index contributed by atoms with van der Waals surface area (Å²) in [4.78, 5) is 12.7. The summed E-state index contributed by atoms with van der Waals surface area (Å²) in [6, 6.07) is 10.3. The van der Waals surface area contributed by atoms with E-state index in [1.165, 1.54) is 11.8 Å². The molecule has 1 aromatic carbocycles. The number of nitrogens with one attached hydrogen (secondary N) is 1. The van der Waals surface area contributed by atoms with Gasteiger partial charge < -0.3 is 14.8 Å². The Morgan fingerprint density at radius 1 is 1.37 bits per heavy atom. The second-order valence-corrected chi connectivity index (χ2v) is 5.14. The number of furan rings is 1. The van der Waals surface area contributed by atoms with Gasteiger partial charge >= 0.3 is 0 Å². The molecule has 0 aliphatic heterocycles. The molecule has 0 fully saturated rings. The highest BCUT2D eigenvalue weighted by Crippen LogP contribution is 2.20. The van der Waals surface area contributed by atoms with E-state index in [1.807, 2.05) is 13.0 Å². The van der Waals surface area contributed by atoms with Gasteiger partial charge in [0.05, 0.1) is 18.1 Å². The number of thioether (sulfide) groups is 1. The predicted molar refractivity (Wildman–Crippen MR) is 74.1 cm³/mol. The molecule has 0 saturated heterocycles. The van der Waals surface area contributed by atoms with Crippen molar-refractivity contribution in [2.24, 2.45) is 0 Å². The number of phenolic OH excluding ortho intramolecular Hbond substituents is 1. The summed E-state index contributed by atoms with van der Waals surface area (Å²) in [6.07, 6.45) is 1.59. The summed E-state index contributed by atoms with van der Waals surface area (Å²) >= 11 is 1.42. The zero-order valence-electron chi connectivity index (χ0n) is 10.5. The number of aromatic hydroxyl groups is 1. The van der Waals surface area contributed by atoms with E-state index >= 15 is 0 Å². The summed E-state index contributed by atoms with van der Waals surface area (Å²) in [5, 5.41) is 12.0. The number of benzene rings is 1. The van der Waals surface area contributed by atoms with Crippen molar-refractivity contribution in [3.8, 4) is 5.75 Å². The Kier molecular flexibility index (Phi) is 4.52. The maximum atomic E-state index is 11.8. The lowest BCUT2D eigenvalue weighted by atomic mass is 10.2. The molecule has 1 heterocycles. The Morgan fingerprint density at radius 3 is 2.74 bits per heavy atom. The fourth-order valence-corrected chi connectivity index (χ4v) is 2.29. The molecule has 4 nitrogen and oxygen atoms in total. The zero-order valence-corrected chi connectivity index (χ0v) is 11.3. The molecule has 0 aliphatic carbocycles. The summed E-state index contributed by atoms with van der Waals surface area (Å²) in [5.41, 5.74) is 0. The van der Waals surface area contributed by atoms with Crippen molar-refractivity contribution >= 4 is 17.7 Å². The van der Waals surface area contributed by atoms with Crippen LogP contribution in [-0.2, 0) is 4.79 Å². The number of hydrogen-bond donors (Lipinski definition) is 2. The Hall–Kier alpha value is -1.88. The minimum absolute atomic E-state index is 0.0537. The lowest BCUT2D eigenvalue weighted by Crippen LogP contribution is -2.27. The molecule has 1 amide bonds. The minimum Gasteiger partial charge on any atom is -0.508 e. The molecule has 2 rings (SSSR count). The first-order valence-corrected chi connectivity index (χ1v) is 6.88. The normalized spacial score (nSPS) is 12.1. The monoisotopic (exact) mass is 277 g/mol. The number of carbonyl (C=O) groups excluding carboxylic acids is 1. The van der Waals surface area contributed by atoms with Gasteiger partial charge in [-0.3, -0.25) is 4.79 Å². The SMILES string of the molecule is CC(NC(=O)CSc1ccc(O)cc1)c1ccco1. The van der Waals surface area contributed by atoms with Crippen LogP contribution in [0.4, 0.5) is 0 Å². The van der Waals surface area contributed by atoms with Crippen LogP contribution in [0.3, 0.4) is 0 Å². The van der Waals surface area contributed by atoms with Crippen LogP contribution in [0.5, 0.6) is 5.75 Å². The molecule has 1 unspecified atom stereocenters. The molecule has 5 heteroatoms. The number of amides is 1. The van der Waals surface area contributed by atoms with Gasteiger partial charge in [0.25, 0.3) is 0 Å². The lowest BCUT2D eigenvalue weighted by Gasteiger charge is -2.11. The molecule has 0 bridgehead atoms. The van der Waals surface area contributed by atoms with Crippen LogP contribution < -0.4 is 5.32 Å². The average molecular weight is 277 g/mol. The molecule has 2 N–H and O–H groups in total. The van der Waals surface area contributed by atoms with Crippen molar-refractivity contribution in [2.75, 3.05) is 5.75 Å². The second kappa shape index (κ2) is 6.33. The van der Waals surface area contributed by atoms with E-state index in [1.54, 1.807) is 36.6 Å². The van der Waals surface area contributed by atoms with Crippen LogP contribution in [0.25, 0.3) is 0 Å². The van der Waals surface area contributed by atoms with Gasteiger partial charge in [-0.05, 0) is 43.3 Å². The highest BCUT2D eigenvalue weighted by atomic mass is 32.2. The largest absolute Gasteiger partial charge is 0.508 e. The van der Waals surface area contributed by atoms with Gasteiger partial charge in [-0.2, -0.15) is 0 Å². The third kappa shape index (κ3) is 4.06. The van der Waals surface area contributed by atoms with Gasteiger partial charge in [0.15, 0.2) is 0 Å². The van der Waals surface area contributed by atoms with E-state index in [9.17, 15) is 4.79 Å². The number of hydrogen-bond acceptors (Lipinski definition) is 4. The fraction of sp³-hybridized carbons (Fsp3) is 0.214. The molecule has 0 saturated carbocycles. The smallest absolute Gasteiger partial charge is 0.230 e. The van der Waals surface area contributed by atoms with Crippen molar-refractivity contribution in [1.29, 1.82) is 0 Å². The van der Waals surface area contributed by atoms with Crippen molar-refractivity contribution in [2.45, 2.75) is 17.9 Å². The Labute approximate surface area is 115 Å². The molecule has 0 aliphatic rings. The first-order chi connectivity index (χ1) is 9.15. The summed E-state index contributed by atoms with van der Waals surface area (Å²) in [5.74, 6) is 1.24. The van der Waals surface area contributed by atoms with Gasteiger partial charge in [0.2, 0.25) is 5.91 Å². The van der Waals surface area contributed by atoms with Crippen molar-refractivity contribution in [3.63, 3.8) is 0 Å². The van der Waals surface area contributed by atoms with Crippen molar-refractivity contribution < 1.29 is 14.3 Å². The summed E-state index contributed by atoms with van der Waals surface area (Å²) < 4.78 is 5.22. The van der Waals surface area contributed by atoms with E-state index < -0.39 is 0 Å². The molecular formula is C14H15NO3S. The Bertz CT molecular complexity index is 522. The minimum atomic E-state index is -0.136. The van der Waals surface area contributed by atoms with Crippen molar-refractivity contribution in [3.05, 3.63) is 48.4 Å². The molecule has 0 spiro atoms. The third-order valence-corrected chi connectivity index (χ3v) is 3.57. The molecule has 100 valence electrons. The second-order valence-electron chi connectivity index (χ2n) is 4.09. The van der Waals surface area contributed by atoms with E-state index in [-0.39, 0.29) is 17.7 Å². The van der Waals surface area contributed by atoms with Crippen LogP contribution in [-0.4, -0.2) is 16.8 Å². The van der Waals surface area contributed by atoms with E-state index in [2.05, 4.69) is 5.32 Å². The topological polar surface area (TPSA) is 62.5 Å². The van der Waals surface area contributed by atoms with Gasteiger partial charge in [0, 0.05) is 4.90 Å². The van der Waals surface area contributed by atoms with Crippen LogP contribution >= 0.6 is 11.8 Å². The number of rotatable bonds is 5. The van der Waals surface area contributed by atoms with Crippen LogP contribution in [0.1, 0.15) is 18.7 Å². The predicted octanol–water partition coefficient (Wildman–Crippen LogP) is 2.95. The quantitative estimate of drug-likeness (QED) is 0.825. The maximum absolute atomic E-state index is 11.8. The molecule has 2 aromatic rings. The molecule has 0 radical (unpaired) electrons. The number of phenols is 1. The van der Waals surface area contributed by atoms with E-state index in [0.717, 1.165) is 10.7 Å². The molecular weight excluding hydrogens is 262 g/mol. The van der Waals surface area contributed by atoms with Crippen LogP contribution in [0, 0.1) is 0 Å². The van der Waals surface area contributed by atoms with E-state index in [4.69, 9.17) is 9.52 Å². The first-order valence-electron chi connectivity index (χ1n) is 5.90. The van der Waals surface area contributed by atoms with Crippen LogP contribution in [0.15, 0.2) is 52.0 Å². The highest BCUT2D eigenvalue weighted by molar-refractivity contribution is 8.00. The first kappa shape index (κ1) is 13.5.